The van der Waals surface area contributed by atoms with Crippen molar-refractivity contribution in [3.05, 3.63) is 91.0 Å². The Kier molecular flexibility index (Phi) is 7.53. The van der Waals surface area contributed by atoms with Gasteiger partial charge >= 0.3 is 187 Å². The van der Waals surface area contributed by atoms with Gasteiger partial charge < -0.3 is 0 Å². The molecule has 0 saturated heterocycles. The fourth-order valence-corrected chi connectivity index (χ4v) is 14.0. The van der Waals surface area contributed by atoms with Gasteiger partial charge in [-0.05, 0) is 0 Å². The molecule has 3 aromatic rings. The second-order valence-corrected chi connectivity index (χ2v) is 18.3. The molecule has 0 aliphatic heterocycles. The molecule has 0 atom stereocenters. The van der Waals surface area contributed by atoms with E-state index >= 15 is 0 Å². The van der Waals surface area contributed by atoms with Crippen LogP contribution in [-0.2, 0) is 4.79 Å². The minimum absolute atomic E-state index is 0.132. The number of unbranched alkanes of at least 4 members (excludes halogenated alkanes) is 1. The number of halogens is 1. The van der Waals surface area contributed by atoms with Crippen molar-refractivity contribution < 1.29 is 4.79 Å². The number of carbonyl (C=O) groups excluding carboxylic acids is 1. The average molecular weight is 510 g/mol. The normalized spacial score (nSPS) is 12.0. The minimum atomic E-state index is -3.47. The molecular formula is C26H29BrGeO. The maximum absolute atomic E-state index is 14.1. The van der Waals surface area contributed by atoms with Crippen LogP contribution in [0.1, 0.15) is 39.5 Å². The van der Waals surface area contributed by atoms with Crippen molar-refractivity contribution in [3.8, 4) is 0 Å². The van der Waals surface area contributed by atoms with E-state index in [2.05, 4.69) is 103 Å². The molecule has 0 heterocycles. The van der Waals surface area contributed by atoms with Crippen LogP contribution in [0.2, 0.25) is 0 Å². The number of benzene rings is 3. The van der Waals surface area contributed by atoms with Crippen LogP contribution >= 0.6 is 15.9 Å². The van der Waals surface area contributed by atoms with Crippen molar-refractivity contribution in [1.29, 1.82) is 0 Å². The van der Waals surface area contributed by atoms with Crippen molar-refractivity contribution >= 4 is 47.0 Å². The van der Waals surface area contributed by atoms with E-state index in [1.54, 1.807) is 0 Å². The van der Waals surface area contributed by atoms with Crippen LogP contribution in [0.3, 0.4) is 0 Å². The first kappa shape index (κ1) is 22.0. The predicted molar refractivity (Wildman–Crippen MR) is 130 cm³/mol. The molecule has 3 aromatic carbocycles. The van der Waals surface area contributed by atoms with Crippen LogP contribution in [0.5, 0.6) is 0 Å². The van der Waals surface area contributed by atoms with Gasteiger partial charge in [0.1, 0.15) is 0 Å². The summed E-state index contributed by atoms with van der Waals surface area (Å²) in [6.45, 7) is 4.38. The first-order chi connectivity index (χ1) is 13.9. The van der Waals surface area contributed by atoms with E-state index in [4.69, 9.17) is 0 Å². The number of alkyl halides is 1. The fraction of sp³-hybridized carbons (Fsp3) is 0.269. The Morgan fingerprint density at radius 1 is 0.724 bits per heavy atom. The van der Waals surface area contributed by atoms with Crippen LogP contribution in [0, 0.1) is 0 Å². The molecule has 0 aliphatic rings. The molecule has 150 valence electrons. The van der Waals surface area contributed by atoms with Crippen molar-refractivity contribution in [2.75, 3.05) is 0 Å². The summed E-state index contributed by atoms with van der Waals surface area (Å²) in [6, 6.07) is 31.5. The van der Waals surface area contributed by atoms with E-state index in [-0.39, 0.29) is 4.32 Å². The SMILES string of the molecule is CC(C)(Br)CCCC[C](=O)[Ge]([c]1ccccc1)([c]1ccccc1)[c]1ccccc1. The molecule has 0 saturated carbocycles. The van der Waals surface area contributed by atoms with Crippen LogP contribution in [-0.4, -0.2) is 22.2 Å². The Morgan fingerprint density at radius 3 is 1.45 bits per heavy atom. The molecule has 0 amide bonds. The van der Waals surface area contributed by atoms with E-state index in [0.717, 1.165) is 19.3 Å². The summed E-state index contributed by atoms with van der Waals surface area (Å²) in [5, 5.41) is 0. The van der Waals surface area contributed by atoms with Gasteiger partial charge in [0.05, 0.1) is 0 Å². The second-order valence-electron chi connectivity index (χ2n) is 8.20. The number of rotatable bonds is 9. The summed E-state index contributed by atoms with van der Waals surface area (Å²) in [5.74, 6) is 0. The molecule has 0 N–H and O–H groups in total. The molecule has 0 fully saturated rings. The summed E-state index contributed by atoms with van der Waals surface area (Å²) >= 11 is 0.252. The number of hydrogen-bond acceptors (Lipinski definition) is 1. The first-order valence-electron chi connectivity index (χ1n) is 10.3. The van der Waals surface area contributed by atoms with Gasteiger partial charge in [0.25, 0.3) is 0 Å². The Labute approximate surface area is 186 Å². The van der Waals surface area contributed by atoms with Crippen LogP contribution < -0.4 is 13.2 Å². The van der Waals surface area contributed by atoms with Crippen LogP contribution in [0.25, 0.3) is 0 Å². The molecular weight excluding hydrogens is 481 g/mol. The van der Waals surface area contributed by atoms with Crippen molar-refractivity contribution in [2.24, 2.45) is 0 Å². The molecule has 0 unspecified atom stereocenters. The van der Waals surface area contributed by atoms with Crippen molar-refractivity contribution in [2.45, 2.75) is 43.9 Å². The second kappa shape index (κ2) is 9.91. The monoisotopic (exact) mass is 510 g/mol. The van der Waals surface area contributed by atoms with E-state index in [1.807, 2.05) is 18.2 Å². The molecule has 0 aromatic heterocycles. The van der Waals surface area contributed by atoms with Gasteiger partial charge in [-0.2, -0.15) is 0 Å². The Morgan fingerprint density at radius 2 is 1.10 bits per heavy atom. The van der Waals surface area contributed by atoms with Gasteiger partial charge in [0.2, 0.25) is 0 Å². The molecule has 0 spiro atoms. The summed E-state index contributed by atoms with van der Waals surface area (Å²) < 4.78 is 4.23. The van der Waals surface area contributed by atoms with Gasteiger partial charge in [0, 0.05) is 0 Å². The molecule has 0 bridgehead atoms. The Hall–Kier alpha value is -1.65. The molecule has 3 rings (SSSR count). The van der Waals surface area contributed by atoms with Gasteiger partial charge in [-0.1, -0.05) is 0 Å². The quantitative estimate of drug-likeness (QED) is 0.225. The molecule has 1 nitrogen and oxygen atoms in total. The standard InChI is InChI=1S/C26H29BrGeO/c1-26(2,27)21-13-12-20-25(29)28(22-14-6-3-7-15-22,23-16-8-4-9-17-23)24-18-10-5-11-19-24/h3-11,14-19H,12-13,20-21H2,1-2H3. The van der Waals surface area contributed by atoms with Crippen LogP contribution in [0.4, 0.5) is 0 Å². The average Bonchev–Trinajstić information content (AvgIpc) is 2.74. The molecule has 0 aliphatic carbocycles. The summed E-state index contributed by atoms with van der Waals surface area (Å²) in [6.07, 6.45) is 3.71. The van der Waals surface area contributed by atoms with E-state index < -0.39 is 13.3 Å². The third-order valence-electron chi connectivity index (χ3n) is 5.46. The van der Waals surface area contributed by atoms with E-state index in [9.17, 15) is 4.79 Å². The zero-order chi connectivity index (χ0) is 20.7. The molecule has 0 radical (unpaired) electrons. The zero-order valence-corrected chi connectivity index (χ0v) is 21.0. The third kappa shape index (κ3) is 5.29. The Balaban J connectivity index is 2.06. The summed E-state index contributed by atoms with van der Waals surface area (Å²) in [4.78, 5) is 14.1. The van der Waals surface area contributed by atoms with Crippen LogP contribution in [0.15, 0.2) is 91.0 Å². The predicted octanol–water partition coefficient (Wildman–Crippen LogP) is 5.00. The summed E-state index contributed by atoms with van der Waals surface area (Å²) in [7, 11) is 0. The number of carbonyl (C=O) groups is 1. The third-order valence-corrected chi connectivity index (χ3v) is 15.7. The fourth-order valence-electron chi connectivity index (χ4n) is 4.07. The molecule has 3 heteroatoms. The van der Waals surface area contributed by atoms with E-state index in [0.29, 0.717) is 11.0 Å². The van der Waals surface area contributed by atoms with Gasteiger partial charge in [-0.15, -0.1) is 0 Å². The van der Waals surface area contributed by atoms with Crippen molar-refractivity contribution in [1.82, 2.24) is 0 Å². The maximum atomic E-state index is 14.1. The van der Waals surface area contributed by atoms with Gasteiger partial charge in [-0.25, -0.2) is 0 Å². The van der Waals surface area contributed by atoms with Gasteiger partial charge in [-0.3, -0.25) is 0 Å². The molecule has 29 heavy (non-hydrogen) atoms. The van der Waals surface area contributed by atoms with Gasteiger partial charge in [0.15, 0.2) is 0 Å². The number of hydrogen-bond donors (Lipinski definition) is 0. The van der Waals surface area contributed by atoms with E-state index in [1.165, 1.54) is 13.2 Å². The Bertz CT molecular complexity index is 805. The first-order valence-corrected chi connectivity index (χ1v) is 15.3. The summed E-state index contributed by atoms with van der Waals surface area (Å²) in [5.41, 5.74) is 0. The van der Waals surface area contributed by atoms with Crippen molar-refractivity contribution in [3.63, 3.8) is 0 Å². The topological polar surface area (TPSA) is 17.1 Å². The zero-order valence-electron chi connectivity index (χ0n) is 17.3.